The van der Waals surface area contributed by atoms with Gasteiger partial charge >= 0.3 is 12.0 Å². The molecule has 3 aromatic heterocycles. The number of carbonyl (C=O) groups is 1. The van der Waals surface area contributed by atoms with Crippen molar-refractivity contribution in [1.82, 2.24) is 24.7 Å². The van der Waals surface area contributed by atoms with E-state index < -0.39 is 12.0 Å². The molecule has 0 bridgehead atoms. The lowest BCUT2D eigenvalue weighted by atomic mass is 9.97. The predicted octanol–water partition coefficient (Wildman–Crippen LogP) is 2.89. The number of nitrogens with zero attached hydrogens (tertiary/aromatic N) is 5. The topological polar surface area (TPSA) is 115 Å². The Morgan fingerprint density at radius 2 is 2.16 bits per heavy atom. The van der Waals surface area contributed by atoms with Crippen LogP contribution in [0, 0.1) is 0 Å². The first kappa shape index (κ1) is 20.8. The van der Waals surface area contributed by atoms with Crippen molar-refractivity contribution in [1.29, 1.82) is 0 Å². The van der Waals surface area contributed by atoms with Crippen LogP contribution in [-0.2, 0) is 17.6 Å². The zero-order valence-electron chi connectivity index (χ0n) is 17.4. The van der Waals surface area contributed by atoms with Gasteiger partial charge in [-0.25, -0.2) is 15.0 Å². The zero-order valence-corrected chi connectivity index (χ0v) is 17.4. The summed E-state index contributed by atoms with van der Waals surface area (Å²) >= 11 is 0. The Kier molecular flexibility index (Phi) is 6.40. The van der Waals surface area contributed by atoms with Gasteiger partial charge in [0.15, 0.2) is 0 Å². The van der Waals surface area contributed by atoms with Gasteiger partial charge in [0.2, 0.25) is 0 Å². The van der Waals surface area contributed by atoms with Gasteiger partial charge in [-0.2, -0.15) is 5.10 Å². The number of rotatable bonds is 9. The third-order valence-corrected chi connectivity index (χ3v) is 5.55. The van der Waals surface area contributed by atoms with E-state index in [0.717, 1.165) is 43.6 Å². The summed E-state index contributed by atoms with van der Waals surface area (Å²) in [6, 6.07) is 6.24. The maximum absolute atomic E-state index is 11.4. The number of aromatic nitrogens is 5. The van der Waals surface area contributed by atoms with Crippen LogP contribution in [0.1, 0.15) is 48.5 Å². The van der Waals surface area contributed by atoms with Crippen molar-refractivity contribution in [2.24, 2.45) is 0 Å². The van der Waals surface area contributed by atoms with Gasteiger partial charge in [-0.05, 0) is 49.8 Å². The third kappa shape index (κ3) is 5.17. The minimum atomic E-state index is -0.907. The largest absolute Gasteiger partial charge is 0.481 e. The predicted molar refractivity (Wildman–Crippen MR) is 114 cm³/mol. The van der Waals surface area contributed by atoms with Crippen molar-refractivity contribution in [3.8, 4) is 6.01 Å². The number of fused-ring (bicyclic) bond motifs is 1. The van der Waals surface area contributed by atoms with Gasteiger partial charge in [-0.1, -0.05) is 6.07 Å². The number of pyridine rings is 1. The fraction of sp³-hybridized carbons (Fsp3) is 0.409. The second-order valence-corrected chi connectivity index (χ2v) is 7.69. The number of carboxylic acid groups (broad SMARTS) is 1. The number of carboxylic acids is 1. The molecule has 162 valence electrons. The Hall–Kier alpha value is -3.49. The van der Waals surface area contributed by atoms with Crippen LogP contribution in [0.15, 0.2) is 43.0 Å². The molecular weight excluding hydrogens is 396 g/mol. The van der Waals surface area contributed by atoms with Crippen LogP contribution in [0.4, 0.5) is 5.82 Å². The van der Waals surface area contributed by atoms with Gasteiger partial charge in [0, 0.05) is 36.4 Å². The summed E-state index contributed by atoms with van der Waals surface area (Å²) in [5.74, 6) is 0.0939. The molecule has 4 rings (SSSR count). The van der Waals surface area contributed by atoms with Crippen LogP contribution in [0.5, 0.6) is 6.01 Å². The molecule has 2 atom stereocenters. The van der Waals surface area contributed by atoms with Crippen molar-refractivity contribution < 1.29 is 14.6 Å². The number of aliphatic carboxylic acids is 1. The number of nitrogens with one attached hydrogen (secondary N) is 1. The van der Waals surface area contributed by atoms with Gasteiger partial charge in [0.05, 0.1) is 25.3 Å². The van der Waals surface area contributed by atoms with Crippen LogP contribution in [0.25, 0.3) is 0 Å². The highest BCUT2D eigenvalue weighted by atomic mass is 16.5. The highest BCUT2D eigenvalue weighted by molar-refractivity contribution is 5.68. The van der Waals surface area contributed by atoms with Crippen molar-refractivity contribution in [3.05, 3.63) is 59.8 Å². The smallest absolute Gasteiger partial charge is 0.316 e. The molecule has 1 unspecified atom stereocenters. The molecule has 3 aromatic rings. The summed E-state index contributed by atoms with van der Waals surface area (Å²) in [5, 5.41) is 17.5. The fourth-order valence-corrected chi connectivity index (χ4v) is 3.93. The summed E-state index contributed by atoms with van der Waals surface area (Å²) in [4.78, 5) is 24.0. The van der Waals surface area contributed by atoms with Gasteiger partial charge in [0.25, 0.3) is 0 Å². The summed E-state index contributed by atoms with van der Waals surface area (Å²) in [6.07, 6.45) is 11.7. The van der Waals surface area contributed by atoms with E-state index in [2.05, 4.69) is 31.4 Å². The average molecular weight is 422 g/mol. The van der Waals surface area contributed by atoms with E-state index >= 15 is 0 Å². The third-order valence-electron chi connectivity index (χ3n) is 5.55. The molecular formula is C22H26N6O3. The zero-order chi connectivity index (χ0) is 21.6. The summed E-state index contributed by atoms with van der Waals surface area (Å²) < 4.78 is 6.67. The highest BCUT2D eigenvalue weighted by Crippen LogP contribution is 2.25. The molecule has 2 N–H and O–H groups in total. The normalized spacial score (nSPS) is 16.2. The Morgan fingerprint density at radius 1 is 1.32 bits per heavy atom. The molecule has 0 amide bonds. The lowest BCUT2D eigenvalue weighted by Crippen LogP contribution is -2.26. The lowest BCUT2D eigenvalue weighted by molar-refractivity contribution is -0.137. The summed E-state index contributed by atoms with van der Waals surface area (Å²) in [5.41, 5.74) is 2.90. The molecule has 1 aliphatic rings. The molecule has 31 heavy (non-hydrogen) atoms. The Balaban J connectivity index is 1.36. The molecule has 0 aliphatic carbocycles. The fourth-order valence-electron chi connectivity index (χ4n) is 3.93. The Bertz CT molecular complexity index is 1020. The Labute approximate surface area is 180 Å². The SMILES string of the molecule is COc1ncc(C(CC(=O)O)n2ccc(CCC[C@H]3CCc4cccnc4N3)n2)cn1. The van der Waals surface area contributed by atoms with E-state index in [1.165, 1.54) is 12.7 Å². The molecule has 0 spiro atoms. The molecule has 0 saturated heterocycles. The minimum absolute atomic E-state index is 0.102. The van der Waals surface area contributed by atoms with Crippen LogP contribution in [0.2, 0.25) is 0 Å². The van der Waals surface area contributed by atoms with Gasteiger partial charge < -0.3 is 15.2 Å². The lowest BCUT2D eigenvalue weighted by Gasteiger charge is -2.25. The minimum Gasteiger partial charge on any atom is -0.481 e. The first-order valence-corrected chi connectivity index (χ1v) is 10.4. The Morgan fingerprint density at radius 3 is 2.94 bits per heavy atom. The molecule has 1 aliphatic heterocycles. The number of hydrogen-bond acceptors (Lipinski definition) is 7. The van der Waals surface area contributed by atoms with E-state index in [-0.39, 0.29) is 12.4 Å². The summed E-state index contributed by atoms with van der Waals surface area (Å²) in [7, 11) is 1.49. The first-order chi connectivity index (χ1) is 15.1. The second kappa shape index (κ2) is 9.55. The monoisotopic (exact) mass is 422 g/mol. The van der Waals surface area contributed by atoms with E-state index in [4.69, 9.17) is 4.74 Å². The molecule has 9 heteroatoms. The quantitative estimate of drug-likeness (QED) is 0.541. The molecule has 0 aromatic carbocycles. The van der Waals surface area contributed by atoms with Crippen LogP contribution in [0.3, 0.4) is 0 Å². The molecule has 0 fully saturated rings. The number of anilines is 1. The van der Waals surface area contributed by atoms with E-state index in [0.29, 0.717) is 11.6 Å². The average Bonchev–Trinajstić information content (AvgIpc) is 3.26. The number of methoxy groups -OCH3 is 1. The van der Waals surface area contributed by atoms with E-state index in [1.54, 1.807) is 17.1 Å². The molecule has 0 saturated carbocycles. The number of hydrogen-bond donors (Lipinski definition) is 2. The van der Waals surface area contributed by atoms with Crippen molar-refractivity contribution in [2.45, 2.75) is 50.6 Å². The van der Waals surface area contributed by atoms with E-state index in [1.807, 2.05) is 24.5 Å². The highest BCUT2D eigenvalue weighted by Gasteiger charge is 2.21. The van der Waals surface area contributed by atoms with Crippen molar-refractivity contribution >= 4 is 11.8 Å². The maximum atomic E-state index is 11.4. The van der Waals surface area contributed by atoms with Crippen LogP contribution >= 0.6 is 0 Å². The van der Waals surface area contributed by atoms with Crippen molar-refractivity contribution in [3.63, 3.8) is 0 Å². The van der Waals surface area contributed by atoms with Crippen molar-refractivity contribution in [2.75, 3.05) is 12.4 Å². The van der Waals surface area contributed by atoms with Gasteiger partial charge in [0.1, 0.15) is 5.82 Å². The maximum Gasteiger partial charge on any atom is 0.316 e. The standard InChI is InChI=1S/C22H26N6O3/c1-31-22-24-13-16(14-25-22)19(12-20(29)30)28-11-9-18(27-28)6-2-5-17-8-7-15-4-3-10-23-21(15)26-17/h3-4,9-11,13-14,17,19H,2,5-8,12H2,1H3,(H,23,26)(H,29,30)/t17-,19?/m0/s1. The van der Waals surface area contributed by atoms with Gasteiger partial charge in [-0.3, -0.25) is 9.48 Å². The van der Waals surface area contributed by atoms with E-state index in [9.17, 15) is 9.90 Å². The van der Waals surface area contributed by atoms with Crippen LogP contribution in [-0.4, -0.2) is 49.0 Å². The van der Waals surface area contributed by atoms with Gasteiger partial charge in [-0.15, -0.1) is 0 Å². The number of ether oxygens (including phenoxy) is 1. The summed E-state index contributed by atoms with van der Waals surface area (Å²) in [6.45, 7) is 0. The molecule has 4 heterocycles. The second-order valence-electron chi connectivity index (χ2n) is 7.69. The number of aryl methyl sites for hydroxylation is 2. The first-order valence-electron chi connectivity index (χ1n) is 10.4. The molecule has 9 nitrogen and oxygen atoms in total. The molecule has 0 radical (unpaired) electrons. The van der Waals surface area contributed by atoms with Crippen LogP contribution < -0.4 is 10.1 Å².